The Morgan fingerprint density at radius 2 is 1.33 bits per heavy atom. The van der Waals surface area contributed by atoms with Gasteiger partial charge in [-0.05, 0) is 0 Å². The van der Waals surface area contributed by atoms with Crippen LogP contribution in [-0.4, -0.2) is 23.6 Å². The first-order valence-electron chi connectivity index (χ1n) is 5.90. The summed E-state index contributed by atoms with van der Waals surface area (Å²) in [7, 11) is 1.54. The first-order valence-corrected chi connectivity index (χ1v) is 7.73. The van der Waals surface area contributed by atoms with Crippen molar-refractivity contribution in [1.82, 2.24) is 13.9 Å². The van der Waals surface area contributed by atoms with E-state index in [2.05, 4.69) is 44.0 Å². The van der Waals surface area contributed by atoms with Gasteiger partial charge in [0.25, 0.3) is 0 Å². The van der Waals surface area contributed by atoms with Crippen molar-refractivity contribution in [3.05, 3.63) is 33.1 Å². The summed E-state index contributed by atoms with van der Waals surface area (Å²) < 4.78 is 4.45. The van der Waals surface area contributed by atoms with E-state index in [0.717, 1.165) is 0 Å². The van der Waals surface area contributed by atoms with Crippen LogP contribution in [0, 0.1) is 11.8 Å². The van der Waals surface area contributed by atoms with Gasteiger partial charge in [0.05, 0.1) is 12.1 Å². The van der Waals surface area contributed by atoms with Crippen molar-refractivity contribution in [3.8, 4) is 0 Å². The molecule has 0 saturated heterocycles. The Hall–Kier alpha value is -0.560. The summed E-state index contributed by atoms with van der Waals surface area (Å²) in [5, 5.41) is 0. The monoisotopic (exact) mass is 375 g/mol. The summed E-state index contributed by atoms with van der Waals surface area (Å²) in [6, 6.07) is -0.000787. The van der Waals surface area contributed by atoms with Gasteiger partial charge < -0.3 is 0 Å². The molecule has 0 radical (unpaired) electrons. The van der Waals surface area contributed by atoms with Gasteiger partial charge in [0.2, 0.25) is 0 Å². The highest BCUT2D eigenvalue weighted by Crippen LogP contribution is 2.59. The summed E-state index contributed by atoms with van der Waals surface area (Å²) in [5.41, 5.74) is -0.425. The standard InChI is InChI=1S/C11H11Br2N3O2/c1-14-10(17)15-4-2-3-5(16(15)11(14)18)7-6(4)8(12)9(7)13/h2-9H,1H3/t4-,5-,6-,7-,8-,9-/m0/s1. The minimum Gasteiger partial charge on any atom is -0.246 e. The van der Waals surface area contributed by atoms with Gasteiger partial charge in [-0.1, -0.05) is 44.0 Å². The van der Waals surface area contributed by atoms with Gasteiger partial charge in [0.1, 0.15) is 0 Å². The van der Waals surface area contributed by atoms with Crippen molar-refractivity contribution in [2.24, 2.45) is 18.9 Å². The number of hydrogen-bond acceptors (Lipinski definition) is 2. The van der Waals surface area contributed by atoms with Crippen molar-refractivity contribution >= 4 is 31.9 Å². The van der Waals surface area contributed by atoms with Gasteiger partial charge in [-0.2, -0.15) is 0 Å². The van der Waals surface area contributed by atoms with Gasteiger partial charge >= 0.3 is 11.4 Å². The number of nitrogens with zero attached hydrogens (tertiary/aromatic N) is 3. The van der Waals surface area contributed by atoms with Crippen molar-refractivity contribution in [2.75, 3.05) is 0 Å². The maximum absolute atomic E-state index is 12.1. The summed E-state index contributed by atoms with van der Waals surface area (Å²) >= 11 is 7.36. The zero-order chi connectivity index (χ0) is 12.8. The zero-order valence-corrected chi connectivity index (χ0v) is 12.7. The molecule has 18 heavy (non-hydrogen) atoms. The van der Waals surface area contributed by atoms with Crippen molar-refractivity contribution in [1.29, 1.82) is 0 Å². The average Bonchev–Trinajstić information content (AvgIpc) is 2.64. The Morgan fingerprint density at radius 3 is 1.72 bits per heavy atom. The molecule has 0 N–H and O–H groups in total. The largest absolute Gasteiger partial charge is 0.347 e. The lowest BCUT2D eigenvalue weighted by molar-refractivity contribution is 0.0346. The molecule has 5 nitrogen and oxygen atoms in total. The third-order valence-electron chi connectivity index (χ3n) is 4.54. The van der Waals surface area contributed by atoms with Crippen molar-refractivity contribution in [2.45, 2.75) is 21.7 Å². The van der Waals surface area contributed by atoms with E-state index in [0.29, 0.717) is 21.5 Å². The molecule has 1 aromatic rings. The first-order chi connectivity index (χ1) is 8.54. The molecular formula is C11H11Br2N3O2. The molecular weight excluding hydrogens is 366 g/mol. The molecule has 5 rings (SSSR count). The zero-order valence-electron chi connectivity index (χ0n) is 9.53. The molecule has 0 unspecified atom stereocenters. The van der Waals surface area contributed by atoms with Gasteiger partial charge in [0, 0.05) is 28.5 Å². The molecule has 0 spiro atoms. The predicted molar refractivity (Wildman–Crippen MR) is 73.6 cm³/mol. The number of rotatable bonds is 0. The maximum atomic E-state index is 12.1. The van der Waals surface area contributed by atoms with E-state index >= 15 is 0 Å². The summed E-state index contributed by atoms with van der Waals surface area (Å²) in [4.78, 5) is 25.0. The van der Waals surface area contributed by atoms with E-state index < -0.39 is 0 Å². The third kappa shape index (κ3) is 1.01. The fourth-order valence-corrected chi connectivity index (χ4v) is 5.66. The Balaban J connectivity index is 2.02. The molecule has 0 aromatic carbocycles. The molecule has 3 heterocycles. The van der Waals surface area contributed by atoms with Gasteiger partial charge in [-0.15, -0.1) is 0 Å². The maximum Gasteiger partial charge on any atom is 0.347 e. The first kappa shape index (κ1) is 11.3. The number of halogens is 2. The van der Waals surface area contributed by atoms with Crippen LogP contribution in [0.25, 0.3) is 0 Å². The van der Waals surface area contributed by atoms with Crippen molar-refractivity contribution < 1.29 is 0 Å². The van der Waals surface area contributed by atoms with Gasteiger partial charge in [-0.25, -0.2) is 23.5 Å². The molecule has 1 fully saturated rings. The second-order valence-electron chi connectivity index (χ2n) is 5.22. The van der Waals surface area contributed by atoms with Gasteiger partial charge in [-0.3, -0.25) is 0 Å². The van der Waals surface area contributed by atoms with Gasteiger partial charge in [0.15, 0.2) is 0 Å². The molecule has 2 aliphatic carbocycles. The molecule has 6 atom stereocenters. The lowest BCUT2D eigenvalue weighted by Gasteiger charge is -2.58. The Kier molecular flexibility index (Phi) is 2.07. The van der Waals surface area contributed by atoms with E-state index in [1.54, 1.807) is 16.4 Å². The van der Waals surface area contributed by atoms with E-state index in [1.165, 1.54) is 4.57 Å². The number of aromatic nitrogens is 3. The van der Waals surface area contributed by atoms with E-state index in [-0.39, 0.29) is 23.5 Å². The van der Waals surface area contributed by atoms with Crippen LogP contribution >= 0.6 is 31.9 Å². The molecule has 1 aromatic heterocycles. The Morgan fingerprint density at radius 1 is 0.944 bits per heavy atom. The molecule has 0 amide bonds. The van der Waals surface area contributed by atoms with Crippen LogP contribution in [0.1, 0.15) is 12.1 Å². The van der Waals surface area contributed by atoms with Crippen LogP contribution in [-0.2, 0) is 7.05 Å². The summed E-state index contributed by atoms with van der Waals surface area (Å²) in [5.74, 6) is 0.785. The lowest BCUT2D eigenvalue weighted by Crippen LogP contribution is -2.63. The average molecular weight is 377 g/mol. The third-order valence-corrected chi connectivity index (χ3v) is 7.61. The van der Waals surface area contributed by atoms with Crippen molar-refractivity contribution in [3.63, 3.8) is 0 Å². The van der Waals surface area contributed by atoms with E-state index in [9.17, 15) is 9.59 Å². The fourth-order valence-electron chi connectivity index (χ4n) is 3.63. The Bertz CT molecular complexity index is 630. The minimum atomic E-state index is -0.212. The highest BCUT2D eigenvalue weighted by molar-refractivity contribution is 9.12. The SMILES string of the molecule is Cn1c(=O)n2n(c1=O)[C@H]1C=C[C@H]2[C@@H]2[C@H](Br)[C@@H](Br)[C@H]21. The van der Waals surface area contributed by atoms with E-state index in [1.807, 2.05) is 0 Å². The summed E-state index contributed by atoms with van der Waals surface area (Å²) in [6.45, 7) is 0. The molecule has 2 bridgehead atoms. The van der Waals surface area contributed by atoms with Crippen LogP contribution < -0.4 is 11.4 Å². The minimum absolute atomic E-state index is 0.000394. The highest BCUT2D eigenvalue weighted by Gasteiger charge is 2.60. The lowest BCUT2D eigenvalue weighted by atomic mass is 9.62. The molecule has 2 aliphatic heterocycles. The highest BCUT2D eigenvalue weighted by atomic mass is 79.9. The number of hydrogen-bond donors (Lipinski definition) is 0. The predicted octanol–water partition coefficient (Wildman–Crippen LogP) is 0.787. The quantitative estimate of drug-likeness (QED) is 0.496. The van der Waals surface area contributed by atoms with Crippen LogP contribution in [0.5, 0.6) is 0 Å². The van der Waals surface area contributed by atoms with Crippen LogP contribution in [0.4, 0.5) is 0 Å². The van der Waals surface area contributed by atoms with Crippen LogP contribution in [0.3, 0.4) is 0 Å². The molecule has 1 saturated carbocycles. The number of alkyl halides is 2. The molecule has 7 heteroatoms. The van der Waals surface area contributed by atoms with E-state index in [4.69, 9.17) is 0 Å². The summed E-state index contributed by atoms with van der Waals surface area (Å²) in [6.07, 6.45) is 4.14. The smallest absolute Gasteiger partial charge is 0.246 e. The second-order valence-corrected chi connectivity index (χ2v) is 7.34. The number of allylic oxidation sites excluding steroid dienone is 2. The fraction of sp³-hybridized carbons (Fsp3) is 0.636. The van der Waals surface area contributed by atoms with Crippen LogP contribution in [0.15, 0.2) is 21.7 Å². The topological polar surface area (TPSA) is 48.9 Å². The Labute approximate surface area is 119 Å². The normalized spacial score (nSPS) is 43.5. The van der Waals surface area contributed by atoms with Crippen LogP contribution in [0.2, 0.25) is 0 Å². The molecule has 96 valence electrons. The second kappa shape index (κ2) is 3.30. The molecule has 4 aliphatic rings.